The van der Waals surface area contributed by atoms with E-state index in [1.807, 2.05) is 26.0 Å². The molecule has 0 spiro atoms. The summed E-state index contributed by atoms with van der Waals surface area (Å²) in [4.78, 5) is 10.8. The van der Waals surface area contributed by atoms with Gasteiger partial charge in [0.15, 0.2) is 6.29 Å². The molecule has 0 fully saturated rings. The fourth-order valence-corrected chi connectivity index (χ4v) is 2.22. The maximum atomic E-state index is 13.1. The average molecular weight is 245 g/mol. The van der Waals surface area contributed by atoms with Crippen LogP contribution >= 0.6 is 0 Å². The van der Waals surface area contributed by atoms with Crippen LogP contribution in [0.3, 0.4) is 0 Å². The van der Waals surface area contributed by atoms with Gasteiger partial charge in [-0.1, -0.05) is 12.1 Å². The molecule has 2 rings (SSSR count). The first kappa shape index (κ1) is 12.6. The molecule has 3 heteroatoms. The number of rotatable bonds is 4. The normalized spacial score (nSPS) is 10.6. The van der Waals surface area contributed by atoms with Crippen LogP contribution in [-0.4, -0.2) is 10.9 Å². The van der Waals surface area contributed by atoms with Crippen molar-refractivity contribution < 1.29 is 9.18 Å². The Kier molecular flexibility index (Phi) is 3.60. The van der Waals surface area contributed by atoms with Gasteiger partial charge in [-0.2, -0.15) is 0 Å². The number of halogens is 1. The third-order valence-corrected chi connectivity index (χ3v) is 3.25. The van der Waals surface area contributed by atoms with Crippen LogP contribution in [0.25, 0.3) is 0 Å². The Morgan fingerprint density at radius 3 is 2.67 bits per heavy atom. The topological polar surface area (TPSA) is 22.0 Å². The third kappa shape index (κ3) is 2.50. The first-order valence-electron chi connectivity index (χ1n) is 5.98. The van der Waals surface area contributed by atoms with Gasteiger partial charge in [0.2, 0.25) is 0 Å². The number of benzene rings is 1. The van der Waals surface area contributed by atoms with Gasteiger partial charge in [0, 0.05) is 23.5 Å². The quantitative estimate of drug-likeness (QED) is 0.757. The van der Waals surface area contributed by atoms with E-state index in [1.165, 1.54) is 6.07 Å². The van der Waals surface area contributed by atoms with E-state index >= 15 is 0 Å². The molecule has 0 N–H and O–H groups in total. The smallest absolute Gasteiger partial charge is 0.151 e. The fourth-order valence-electron chi connectivity index (χ4n) is 2.22. The zero-order chi connectivity index (χ0) is 13.1. The van der Waals surface area contributed by atoms with Crippen LogP contribution in [-0.2, 0) is 13.0 Å². The molecule has 0 amide bonds. The van der Waals surface area contributed by atoms with Crippen molar-refractivity contribution in [3.8, 4) is 0 Å². The Bertz CT molecular complexity index is 572. The summed E-state index contributed by atoms with van der Waals surface area (Å²) in [5, 5.41) is 0. The maximum Gasteiger partial charge on any atom is 0.151 e. The van der Waals surface area contributed by atoms with Gasteiger partial charge in [-0.05, 0) is 44.0 Å². The second-order valence-corrected chi connectivity index (χ2v) is 4.48. The monoisotopic (exact) mass is 245 g/mol. The van der Waals surface area contributed by atoms with Crippen molar-refractivity contribution in [2.75, 3.05) is 0 Å². The lowest BCUT2D eigenvalue weighted by Crippen LogP contribution is -2.05. The number of carbonyl (C=O) groups is 1. The first-order valence-corrected chi connectivity index (χ1v) is 5.98. The van der Waals surface area contributed by atoms with Crippen LogP contribution in [0.5, 0.6) is 0 Å². The Morgan fingerprint density at radius 2 is 2.06 bits per heavy atom. The van der Waals surface area contributed by atoms with Crippen molar-refractivity contribution in [1.82, 2.24) is 4.57 Å². The Hall–Kier alpha value is -1.90. The minimum absolute atomic E-state index is 0.206. The van der Waals surface area contributed by atoms with Crippen molar-refractivity contribution in [1.29, 1.82) is 0 Å². The summed E-state index contributed by atoms with van der Waals surface area (Å²) >= 11 is 0. The molecular weight excluding hydrogens is 229 g/mol. The molecule has 0 bridgehead atoms. The van der Waals surface area contributed by atoms with Crippen LogP contribution in [0.4, 0.5) is 4.39 Å². The SMILES string of the molecule is Cc1cc(C=O)c(C)n1CCc1cccc(F)c1. The first-order chi connectivity index (χ1) is 8.61. The number of hydrogen-bond acceptors (Lipinski definition) is 1. The molecule has 0 aliphatic carbocycles. The molecule has 0 radical (unpaired) electrons. The predicted molar refractivity (Wildman–Crippen MR) is 69.4 cm³/mol. The van der Waals surface area contributed by atoms with Gasteiger partial charge in [0.05, 0.1) is 0 Å². The standard InChI is InChI=1S/C15H16FNO/c1-11-8-14(10-18)12(2)17(11)7-6-13-4-3-5-15(16)9-13/h3-5,8-10H,6-7H2,1-2H3. The van der Waals surface area contributed by atoms with Crippen molar-refractivity contribution in [3.05, 3.63) is 58.7 Å². The summed E-state index contributed by atoms with van der Waals surface area (Å²) in [6, 6.07) is 8.51. The lowest BCUT2D eigenvalue weighted by molar-refractivity contribution is 0.112. The van der Waals surface area contributed by atoms with E-state index < -0.39 is 0 Å². The summed E-state index contributed by atoms with van der Waals surface area (Å²) in [7, 11) is 0. The molecule has 1 heterocycles. The van der Waals surface area contributed by atoms with E-state index in [2.05, 4.69) is 4.57 Å². The van der Waals surface area contributed by atoms with Crippen molar-refractivity contribution in [2.45, 2.75) is 26.8 Å². The minimum atomic E-state index is -0.206. The molecule has 0 aliphatic heterocycles. The van der Waals surface area contributed by atoms with Gasteiger partial charge in [-0.15, -0.1) is 0 Å². The van der Waals surface area contributed by atoms with Crippen LogP contribution in [0.2, 0.25) is 0 Å². The maximum absolute atomic E-state index is 13.1. The molecule has 1 aromatic heterocycles. The lowest BCUT2D eigenvalue weighted by Gasteiger charge is -2.09. The van der Waals surface area contributed by atoms with Gasteiger partial charge < -0.3 is 4.57 Å². The Labute approximate surface area is 106 Å². The average Bonchev–Trinajstić information content (AvgIpc) is 2.62. The molecule has 18 heavy (non-hydrogen) atoms. The molecule has 1 aromatic carbocycles. The van der Waals surface area contributed by atoms with Gasteiger partial charge in [0.1, 0.15) is 5.82 Å². The summed E-state index contributed by atoms with van der Waals surface area (Å²) < 4.78 is 15.1. The molecular formula is C15H16FNO. The van der Waals surface area contributed by atoms with E-state index in [4.69, 9.17) is 0 Å². The van der Waals surface area contributed by atoms with Gasteiger partial charge in [-0.25, -0.2) is 4.39 Å². The predicted octanol–water partition coefficient (Wildman–Crippen LogP) is 3.30. The van der Waals surface area contributed by atoms with E-state index in [-0.39, 0.29) is 5.82 Å². The molecule has 2 nitrogen and oxygen atoms in total. The number of carbonyl (C=O) groups excluding carboxylic acids is 1. The summed E-state index contributed by atoms with van der Waals surface area (Å²) in [5.74, 6) is -0.206. The molecule has 0 saturated heterocycles. The van der Waals surface area contributed by atoms with Crippen LogP contribution < -0.4 is 0 Å². The number of aryl methyl sites for hydroxylation is 2. The molecule has 0 aliphatic rings. The highest BCUT2D eigenvalue weighted by Crippen LogP contribution is 2.14. The largest absolute Gasteiger partial charge is 0.348 e. The summed E-state index contributed by atoms with van der Waals surface area (Å²) in [6.45, 7) is 4.67. The number of aromatic nitrogens is 1. The molecule has 0 unspecified atom stereocenters. The van der Waals surface area contributed by atoms with Crippen molar-refractivity contribution >= 4 is 6.29 Å². The molecule has 94 valence electrons. The highest BCUT2D eigenvalue weighted by atomic mass is 19.1. The zero-order valence-electron chi connectivity index (χ0n) is 10.6. The second-order valence-electron chi connectivity index (χ2n) is 4.48. The minimum Gasteiger partial charge on any atom is -0.348 e. The zero-order valence-corrected chi connectivity index (χ0v) is 10.6. The van der Waals surface area contributed by atoms with Gasteiger partial charge >= 0.3 is 0 Å². The second kappa shape index (κ2) is 5.17. The fraction of sp³-hybridized carbons (Fsp3) is 0.267. The van der Waals surface area contributed by atoms with Crippen LogP contribution in [0.1, 0.15) is 27.3 Å². The van der Waals surface area contributed by atoms with E-state index in [0.717, 1.165) is 41.8 Å². The van der Waals surface area contributed by atoms with Crippen molar-refractivity contribution in [3.63, 3.8) is 0 Å². The Balaban J connectivity index is 2.15. The molecule has 0 atom stereocenters. The third-order valence-electron chi connectivity index (χ3n) is 3.25. The van der Waals surface area contributed by atoms with Crippen LogP contribution in [0, 0.1) is 19.7 Å². The summed E-state index contributed by atoms with van der Waals surface area (Å²) in [5.41, 5.74) is 3.73. The number of nitrogens with zero attached hydrogens (tertiary/aromatic N) is 1. The highest BCUT2D eigenvalue weighted by molar-refractivity contribution is 5.77. The molecule has 2 aromatic rings. The number of hydrogen-bond donors (Lipinski definition) is 0. The Morgan fingerprint density at radius 1 is 1.28 bits per heavy atom. The van der Waals surface area contributed by atoms with Gasteiger partial charge in [-0.3, -0.25) is 4.79 Å². The van der Waals surface area contributed by atoms with E-state index in [1.54, 1.807) is 12.1 Å². The highest BCUT2D eigenvalue weighted by Gasteiger charge is 2.08. The lowest BCUT2D eigenvalue weighted by atomic mass is 10.1. The number of aldehydes is 1. The van der Waals surface area contributed by atoms with Gasteiger partial charge in [0.25, 0.3) is 0 Å². The van der Waals surface area contributed by atoms with E-state index in [0.29, 0.717) is 0 Å². The molecule has 0 saturated carbocycles. The van der Waals surface area contributed by atoms with Crippen LogP contribution in [0.15, 0.2) is 30.3 Å². The van der Waals surface area contributed by atoms with Crippen molar-refractivity contribution in [2.24, 2.45) is 0 Å². The van der Waals surface area contributed by atoms with E-state index in [9.17, 15) is 9.18 Å². The summed E-state index contributed by atoms with van der Waals surface area (Å²) in [6.07, 6.45) is 1.63.